The molecule has 2 rings (SSSR count). The summed E-state index contributed by atoms with van der Waals surface area (Å²) < 4.78 is 0. The van der Waals surface area contributed by atoms with Gasteiger partial charge in [0.25, 0.3) is 0 Å². The van der Waals surface area contributed by atoms with Gasteiger partial charge in [-0.05, 0) is 23.8 Å². The zero-order valence-corrected chi connectivity index (χ0v) is 6.90. The fraction of sp³-hybridized carbons (Fsp3) is 0.400. The maximum atomic E-state index is 8.49. The third kappa shape index (κ3) is 1.49. The van der Waals surface area contributed by atoms with E-state index < -0.39 is 0 Å². The summed E-state index contributed by atoms with van der Waals surface area (Å²) in [6.45, 7) is 0.722. The van der Waals surface area contributed by atoms with Gasteiger partial charge in [0.15, 0.2) is 0 Å². The Labute approximate surface area is 72.2 Å². The second kappa shape index (κ2) is 3.25. The molecule has 0 saturated heterocycles. The number of hydrogen-bond acceptors (Lipinski definition) is 2. The first-order chi connectivity index (χ1) is 5.92. The van der Waals surface area contributed by atoms with E-state index in [0.717, 1.165) is 6.54 Å². The zero-order valence-electron chi connectivity index (χ0n) is 6.90. The van der Waals surface area contributed by atoms with E-state index in [-0.39, 0.29) is 0 Å². The minimum Gasteiger partial charge on any atom is -0.317 e. The summed E-state index contributed by atoms with van der Waals surface area (Å²) in [6.07, 6.45) is 1.21. The molecule has 2 heteroatoms. The topological polar surface area (TPSA) is 32.3 Å². The molecule has 0 spiro atoms. The van der Waals surface area contributed by atoms with Crippen molar-refractivity contribution in [2.24, 2.45) is 5.92 Å². The van der Waals surface area contributed by atoms with E-state index in [0.29, 0.717) is 11.8 Å². The highest BCUT2D eigenvalue weighted by Gasteiger charge is 2.37. The molecule has 2 N–H and O–H groups in total. The Hall–Kier alpha value is -0.860. The molecule has 1 aromatic carbocycles. The highest BCUT2D eigenvalue weighted by molar-refractivity contribution is 5.25. The predicted octanol–water partition coefficient (Wildman–Crippen LogP) is 1.77. The molecule has 0 radical (unpaired) electrons. The maximum Gasteiger partial charge on any atom is 0.0241 e. The first-order valence-electron chi connectivity index (χ1n) is 4.33. The number of hydroxylamine groups is 1. The minimum atomic E-state index is 0.636. The molecule has 1 fully saturated rings. The molecule has 0 heterocycles. The second-order valence-corrected chi connectivity index (χ2v) is 3.38. The molecule has 1 saturated carbocycles. The van der Waals surface area contributed by atoms with Gasteiger partial charge in [-0.3, -0.25) is 0 Å². The Morgan fingerprint density at radius 1 is 1.33 bits per heavy atom. The number of hydrogen-bond donors (Lipinski definition) is 2. The van der Waals surface area contributed by atoms with Crippen LogP contribution >= 0.6 is 0 Å². The van der Waals surface area contributed by atoms with Crippen LogP contribution in [-0.2, 0) is 0 Å². The van der Waals surface area contributed by atoms with Crippen LogP contribution in [-0.4, -0.2) is 11.8 Å². The van der Waals surface area contributed by atoms with E-state index in [1.807, 2.05) is 6.07 Å². The van der Waals surface area contributed by atoms with Crippen LogP contribution in [0.2, 0.25) is 0 Å². The van der Waals surface area contributed by atoms with Gasteiger partial charge < -0.3 is 5.21 Å². The van der Waals surface area contributed by atoms with E-state index >= 15 is 0 Å². The second-order valence-electron chi connectivity index (χ2n) is 3.38. The summed E-state index contributed by atoms with van der Waals surface area (Å²) in [4.78, 5) is 0. The molecule has 0 bridgehead atoms. The summed E-state index contributed by atoms with van der Waals surface area (Å²) in [6, 6.07) is 10.5. The Morgan fingerprint density at radius 2 is 2.08 bits per heavy atom. The van der Waals surface area contributed by atoms with Gasteiger partial charge in [0.1, 0.15) is 0 Å². The lowest BCUT2D eigenvalue weighted by Gasteiger charge is -1.98. The van der Waals surface area contributed by atoms with E-state index in [2.05, 4.69) is 29.7 Å². The molecular weight excluding hydrogens is 150 g/mol. The van der Waals surface area contributed by atoms with Gasteiger partial charge in [-0.1, -0.05) is 30.3 Å². The molecule has 2 atom stereocenters. The van der Waals surface area contributed by atoms with Crippen molar-refractivity contribution in [3.05, 3.63) is 35.9 Å². The van der Waals surface area contributed by atoms with E-state index in [1.165, 1.54) is 12.0 Å². The Bertz CT molecular complexity index is 247. The van der Waals surface area contributed by atoms with Crippen LogP contribution in [0.25, 0.3) is 0 Å². The van der Waals surface area contributed by atoms with Crippen molar-refractivity contribution in [1.82, 2.24) is 5.48 Å². The molecule has 1 aliphatic rings. The van der Waals surface area contributed by atoms with Crippen LogP contribution in [0.1, 0.15) is 17.9 Å². The van der Waals surface area contributed by atoms with Crippen molar-refractivity contribution in [3.8, 4) is 0 Å². The first kappa shape index (κ1) is 7.77. The summed E-state index contributed by atoms with van der Waals surface area (Å²) in [5.74, 6) is 1.31. The summed E-state index contributed by atoms with van der Waals surface area (Å²) in [7, 11) is 0. The lowest BCUT2D eigenvalue weighted by Crippen LogP contribution is -2.11. The van der Waals surface area contributed by atoms with Crippen molar-refractivity contribution >= 4 is 0 Å². The average Bonchev–Trinajstić information content (AvgIpc) is 2.87. The SMILES string of the molecule is ONC[C@H]1CC1c1ccccc1. The molecule has 1 aromatic rings. The summed E-state index contributed by atoms with van der Waals surface area (Å²) in [5.41, 5.74) is 3.63. The van der Waals surface area contributed by atoms with Gasteiger partial charge >= 0.3 is 0 Å². The fourth-order valence-corrected chi connectivity index (χ4v) is 1.70. The van der Waals surface area contributed by atoms with E-state index in [4.69, 9.17) is 5.21 Å². The van der Waals surface area contributed by atoms with Gasteiger partial charge in [-0.15, -0.1) is 0 Å². The molecule has 64 valence electrons. The quantitative estimate of drug-likeness (QED) is 0.665. The minimum absolute atomic E-state index is 0.636. The highest BCUT2D eigenvalue weighted by atomic mass is 16.5. The van der Waals surface area contributed by atoms with Crippen molar-refractivity contribution in [3.63, 3.8) is 0 Å². The lowest BCUT2D eigenvalue weighted by molar-refractivity contribution is 0.161. The first-order valence-corrected chi connectivity index (χ1v) is 4.33. The van der Waals surface area contributed by atoms with Crippen LogP contribution in [0.15, 0.2) is 30.3 Å². The van der Waals surface area contributed by atoms with E-state index in [1.54, 1.807) is 0 Å². The van der Waals surface area contributed by atoms with Crippen LogP contribution in [0, 0.1) is 5.92 Å². The molecular formula is C10H13NO. The molecule has 2 nitrogen and oxygen atoms in total. The molecule has 12 heavy (non-hydrogen) atoms. The molecule has 0 amide bonds. The predicted molar refractivity (Wildman–Crippen MR) is 47.1 cm³/mol. The number of nitrogens with one attached hydrogen (secondary N) is 1. The van der Waals surface area contributed by atoms with Gasteiger partial charge in [-0.25, -0.2) is 5.48 Å². The van der Waals surface area contributed by atoms with Crippen molar-refractivity contribution < 1.29 is 5.21 Å². The number of benzene rings is 1. The molecule has 0 aromatic heterocycles. The largest absolute Gasteiger partial charge is 0.317 e. The highest BCUT2D eigenvalue weighted by Crippen LogP contribution is 2.46. The van der Waals surface area contributed by atoms with E-state index in [9.17, 15) is 0 Å². The molecule has 1 aliphatic carbocycles. The van der Waals surface area contributed by atoms with Gasteiger partial charge in [-0.2, -0.15) is 0 Å². The smallest absolute Gasteiger partial charge is 0.0241 e. The van der Waals surface area contributed by atoms with Crippen LogP contribution in [0.5, 0.6) is 0 Å². The Morgan fingerprint density at radius 3 is 2.75 bits per heavy atom. The Kier molecular flexibility index (Phi) is 2.11. The fourth-order valence-electron chi connectivity index (χ4n) is 1.70. The van der Waals surface area contributed by atoms with Crippen molar-refractivity contribution in [2.45, 2.75) is 12.3 Å². The maximum absolute atomic E-state index is 8.49. The molecule has 1 unspecified atom stereocenters. The number of rotatable bonds is 3. The van der Waals surface area contributed by atoms with Gasteiger partial charge in [0.2, 0.25) is 0 Å². The molecule has 0 aliphatic heterocycles. The van der Waals surface area contributed by atoms with Gasteiger partial charge in [0.05, 0.1) is 0 Å². The monoisotopic (exact) mass is 163 g/mol. The summed E-state index contributed by atoms with van der Waals surface area (Å²) in [5, 5.41) is 8.49. The Balaban J connectivity index is 1.97. The standard InChI is InChI=1S/C10H13NO/c12-11-7-9-6-10(9)8-4-2-1-3-5-8/h1-5,9-12H,6-7H2/t9-,10?/m1/s1. The normalized spacial score (nSPS) is 27.1. The van der Waals surface area contributed by atoms with Crippen LogP contribution in [0.4, 0.5) is 0 Å². The van der Waals surface area contributed by atoms with Crippen molar-refractivity contribution in [2.75, 3.05) is 6.54 Å². The van der Waals surface area contributed by atoms with Gasteiger partial charge in [0, 0.05) is 6.54 Å². The lowest BCUT2D eigenvalue weighted by atomic mass is 10.1. The third-order valence-corrected chi connectivity index (χ3v) is 2.50. The summed E-state index contributed by atoms with van der Waals surface area (Å²) >= 11 is 0. The third-order valence-electron chi connectivity index (χ3n) is 2.50. The van der Waals surface area contributed by atoms with Crippen LogP contribution < -0.4 is 5.48 Å². The zero-order chi connectivity index (χ0) is 8.39. The van der Waals surface area contributed by atoms with Crippen LogP contribution in [0.3, 0.4) is 0 Å². The van der Waals surface area contributed by atoms with Crippen molar-refractivity contribution in [1.29, 1.82) is 0 Å². The average molecular weight is 163 g/mol.